The van der Waals surface area contributed by atoms with E-state index >= 15 is 0 Å². The number of nitrogens with one attached hydrogen (secondary N) is 1. The van der Waals surface area contributed by atoms with Crippen LogP contribution in [0.2, 0.25) is 5.02 Å². The van der Waals surface area contributed by atoms with Crippen molar-refractivity contribution in [2.75, 3.05) is 11.9 Å². The number of amides is 1. The molecule has 2 aromatic carbocycles. The second-order valence-corrected chi connectivity index (χ2v) is 6.02. The molecule has 0 aliphatic heterocycles. The van der Waals surface area contributed by atoms with Crippen LogP contribution in [0.5, 0.6) is 5.75 Å². The zero-order valence-corrected chi connectivity index (χ0v) is 14.1. The molecule has 1 N–H and O–H groups in total. The van der Waals surface area contributed by atoms with Crippen molar-refractivity contribution in [3.63, 3.8) is 0 Å². The van der Waals surface area contributed by atoms with E-state index in [0.29, 0.717) is 16.5 Å². The molecule has 0 aliphatic rings. The Morgan fingerprint density at radius 1 is 1.19 bits per heavy atom. The van der Waals surface area contributed by atoms with Crippen molar-refractivity contribution in [3.8, 4) is 5.75 Å². The second kappa shape index (κ2) is 6.96. The largest absolute Gasteiger partial charge is 0.482 e. The summed E-state index contributed by atoms with van der Waals surface area (Å²) in [6, 6.07) is 11.2. The van der Waals surface area contributed by atoms with E-state index in [9.17, 15) is 4.79 Å². The molecule has 2 rings (SSSR count). The summed E-state index contributed by atoms with van der Waals surface area (Å²) in [5, 5.41) is 3.28. The van der Waals surface area contributed by atoms with Crippen LogP contribution in [0.1, 0.15) is 11.1 Å². The first-order chi connectivity index (χ1) is 9.95. The number of benzene rings is 2. The van der Waals surface area contributed by atoms with Crippen LogP contribution in [-0.4, -0.2) is 12.5 Å². The number of aryl methyl sites for hydroxylation is 2. The van der Waals surface area contributed by atoms with E-state index in [-0.39, 0.29) is 12.5 Å². The van der Waals surface area contributed by atoms with Crippen molar-refractivity contribution < 1.29 is 9.53 Å². The monoisotopic (exact) mass is 367 g/mol. The number of rotatable bonds is 4. The minimum absolute atomic E-state index is 0.0938. The van der Waals surface area contributed by atoms with E-state index < -0.39 is 0 Å². The molecule has 5 heteroatoms. The summed E-state index contributed by atoms with van der Waals surface area (Å²) in [5.74, 6) is 0.270. The minimum Gasteiger partial charge on any atom is -0.482 e. The number of anilines is 1. The smallest absolute Gasteiger partial charge is 0.262 e. The van der Waals surface area contributed by atoms with Gasteiger partial charge in [-0.2, -0.15) is 0 Å². The van der Waals surface area contributed by atoms with Gasteiger partial charge in [-0.05, 0) is 65.2 Å². The molecule has 0 atom stereocenters. The maximum absolute atomic E-state index is 11.9. The lowest BCUT2D eigenvalue weighted by molar-refractivity contribution is -0.118. The van der Waals surface area contributed by atoms with Crippen LogP contribution < -0.4 is 10.1 Å². The van der Waals surface area contributed by atoms with Gasteiger partial charge >= 0.3 is 0 Å². The molecule has 0 aliphatic carbocycles. The van der Waals surface area contributed by atoms with Gasteiger partial charge in [0.25, 0.3) is 5.91 Å². The lowest BCUT2D eigenvalue weighted by Crippen LogP contribution is -2.20. The predicted octanol–water partition coefficient (Wildman–Crippen LogP) is 4.74. The summed E-state index contributed by atoms with van der Waals surface area (Å²) in [6.07, 6.45) is 0. The van der Waals surface area contributed by atoms with Crippen LogP contribution in [0.4, 0.5) is 5.69 Å². The van der Waals surface area contributed by atoms with Crippen molar-refractivity contribution >= 4 is 39.1 Å². The Kier molecular flexibility index (Phi) is 5.26. The number of hydrogen-bond donors (Lipinski definition) is 1. The predicted molar refractivity (Wildman–Crippen MR) is 89.2 cm³/mol. The molecule has 0 radical (unpaired) electrons. The van der Waals surface area contributed by atoms with Gasteiger partial charge in [0, 0.05) is 4.47 Å². The summed E-state index contributed by atoms with van der Waals surface area (Å²) in [5.41, 5.74) is 2.85. The Hall–Kier alpha value is -1.52. The second-order valence-electron chi connectivity index (χ2n) is 4.75. The van der Waals surface area contributed by atoms with Crippen LogP contribution >= 0.6 is 27.5 Å². The lowest BCUT2D eigenvalue weighted by atomic mass is 10.2. The van der Waals surface area contributed by atoms with E-state index in [0.717, 1.165) is 15.6 Å². The van der Waals surface area contributed by atoms with Crippen molar-refractivity contribution in [1.82, 2.24) is 0 Å². The van der Waals surface area contributed by atoms with E-state index in [1.165, 1.54) is 0 Å². The highest BCUT2D eigenvalue weighted by Gasteiger charge is 2.08. The fourth-order valence-corrected chi connectivity index (χ4v) is 2.54. The van der Waals surface area contributed by atoms with E-state index in [1.54, 1.807) is 12.1 Å². The summed E-state index contributed by atoms with van der Waals surface area (Å²) in [6.45, 7) is 3.83. The van der Waals surface area contributed by atoms with Gasteiger partial charge < -0.3 is 10.1 Å². The normalized spacial score (nSPS) is 10.3. The summed E-state index contributed by atoms with van der Waals surface area (Å²) in [7, 11) is 0. The highest BCUT2D eigenvalue weighted by atomic mass is 79.9. The average Bonchev–Trinajstić information content (AvgIpc) is 2.43. The number of carbonyl (C=O) groups is 1. The zero-order chi connectivity index (χ0) is 15.4. The molecule has 0 saturated carbocycles. The van der Waals surface area contributed by atoms with E-state index in [1.807, 2.05) is 38.1 Å². The van der Waals surface area contributed by atoms with Crippen molar-refractivity contribution in [3.05, 3.63) is 57.0 Å². The van der Waals surface area contributed by atoms with Gasteiger partial charge in [0.05, 0.1) is 10.7 Å². The van der Waals surface area contributed by atoms with Gasteiger partial charge in [-0.3, -0.25) is 4.79 Å². The van der Waals surface area contributed by atoms with E-state index in [2.05, 4.69) is 21.2 Å². The van der Waals surface area contributed by atoms with Crippen LogP contribution in [-0.2, 0) is 4.79 Å². The first-order valence-corrected chi connectivity index (χ1v) is 7.58. The third kappa shape index (κ3) is 4.48. The zero-order valence-electron chi connectivity index (χ0n) is 11.7. The number of ether oxygens (including phenoxy) is 1. The Morgan fingerprint density at radius 3 is 2.57 bits per heavy atom. The Bertz CT molecular complexity index is 673. The number of hydrogen-bond acceptors (Lipinski definition) is 2. The Balaban J connectivity index is 1.97. The molecule has 0 saturated heterocycles. The molecule has 0 spiro atoms. The van der Waals surface area contributed by atoms with Crippen molar-refractivity contribution in [2.45, 2.75) is 13.8 Å². The molecule has 21 heavy (non-hydrogen) atoms. The fourth-order valence-electron chi connectivity index (χ4n) is 1.77. The van der Waals surface area contributed by atoms with Gasteiger partial charge in [-0.15, -0.1) is 0 Å². The minimum atomic E-state index is -0.239. The maximum atomic E-state index is 11.9. The lowest BCUT2D eigenvalue weighted by Gasteiger charge is -2.10. The van der Waals surface area contributed by atoms with E-state index in [4.69, 9.17) is 16.3 Å². The van der Waals surface area contributed by atoms with Crippen molar-refractivity contribution in [2.24, 2.45) is 0 Å². The third-order valence-electron chi connectivity index (χ3n) is 2.84. The molecule has 0 bridgehead atoms. The molecule has 1 amide bonds. The standard InChI is InChI=1S/C16H15BrClNO2/c1-10-4-6-14(12(17)7-10)19-16(20)9-21-15-8-11(2)3-5-13(15)18/h3-8H,9H2,1-2H3,(H,19,20). The number of halogens is 2. The highest BCUT2D eigenvalue weighted by molar-refractivity contribution is 9.10. The van der Waals surface area contributed by atoms with Crippen LogP contribution in [0, 0.1) is 13.8 Å². The van der Waals surface area contributed by atoms with Crippen molar-refractivity contribution in [1.29, 1.82) is 0 Å². The SMILES string of the molecule is Cc1ccc(NC(=O)COc2cc(C)ccc2Cl)c(Br)c1. The van der Waals surface area contributed by atoms with Crippen LogP contribution in [0.3, 0.4) is 0 Å². The topological polar surface area (TPSA) is 38.3 Å². The highest BCUT2D eigenvalue weighted by Crippen LogP contribution is 2.26. The first kappa shape index (κ1) is 15.9. The molecule has 0 aromatic heterocycles. The molecule has 0 unspecified atom stereocenters. The van der Waals surface area contributed by atoms with Gasteiger partial charge in [0.2, 0.25) is 0 Å². The summed E-state index contributed by atoms with van der Waals surface area (Å²) < 4.78 is 6.29. The summed E-state index contributed by atoms with van der Waals surface area (Å²) >= 11 is 9.43. The van der Waals surface area contributed by atoms with Gasteiger partial charge in [-0.1, -0.05) is 23.7 Å². The van der Waals surface area contributed by atoms with Crippen LogP contribution in [0.15, 0.2) is 40.9 Å². The maximum Gasteiger partial charge on any atom is 0.262 e. The van der Waals surface area contributed by atoms with Gasteiger partial charge in [0.15, 0.2) is 6.61 Å². The average molecular weight is 369 g/mol. The molecular weight excluding hydrogens is 354 g/mol. The molecule has 110 valence electrons. The van der Waals surface area contributed by atoms with Gasteiger partial charge in [0.1, 0.15) is 5.75 Å². The van der Waals surface area contributed by atoms with Gasteiger partial charge in [-0.25, -0.2) is 0 Å². The number of carbonyl (C=O) groups excluding carboxylic acids is 1. The molecule has 0 fully saturated rings. The quantitative estimate of drug-likeness (QED) is 0.846. The molecule has 2 aromatic rings. The molecule has 0 heterocycles. The fraction of sp³-hybridized carbons (Fsp3) is 0.188. The molecular formula is C16H15BrClNO2. The van der Waals surface area contributed by atoms with Crippen LogP contribution in [0.25, 0.3) is 0 Å². The Morgan fingerprint density at radius 2 is 1.86 bits per heavy atom. The summed E-state index contributed by atoms with van der Waals surface area (Å²) in [4.78, 5) is 11.9. The third-order valence-corrected chi connectivity index (χ3v) is 3.81. The Labute approximate surface area is 137 Å². The molecule has 3 nitrogen and oxygen atoms in total. The first-order valence-electron chi connectivity index (χ1n) is 6.40.